The van der Waals surface area contributed by atoms with Crippen molar-refractivity contribution in [3.05, 3.63) is 17.6 Å². The van der Waals surface area contributed by atoms with Crippen LogP contribution in [0.1, 0.15) is 43.5 Å². The van der Waals surface area contributed by atoms with E-state index in [1.807, 2.05) is 6.92 Å². The standard InChI is InChI=1S/C13H20N2O2/c1-10-14-7-12(8-16)13(15-10)17-9-11-5-3-2-4-6-11/h7,11,16H,2-6,8-9H2,1H3. The van der Waals surface area contributed by atoms with E-state index in [-0.39, 0.29) is 6.61 Å². The first kappa shape index (κ1) is 12.3. The lowest BCUT2D eigenvalue weighted by molar-refractivity contribution is 0.194. The Morgan fingerprint density at radius 3 is 2.82 bits per heavy atom. The van der Waals surface area contributed by atoms with E-state index < -0.39 is 0 Å². The van der Waals surface area contributed by atoms with Gasteiger partial charge in [0.2, 0.25) is 5.88 Å². The maximum absolute atomic E-state index is 9.19. The van der Waals surface area contributed by atoms with Crippen LogP contribution in [0.4, 0.5) is 0 Å². The first-order valence-corrected chi connectivity index (χ1v) is 6.36. The van der Waals surface area contributed by atoms with Crippen molar-refractivity contribution in [1.29, 1.82) is 0 Å². The first-order valence-electron chi connectivity index (χ1n) is 6.36. The number of hydrogen-bond donors (Lipinski definition) is 1. The SMILES string of the molecule is Cc1ncc(CO)c(OCC2CCCCC2)n1. The molecular formula is C13H20N2O2. The summed E-state index contributed by atoms with van der Waals surface area (Å²) < 4.78 is 5.74. The van der Waals surface area contributed by atoms with E-state index in [9.17, 15) is 5.11 Å². The number of aryl methyl sites for hydroxylation is 1. The van der Waals surface area contributed by atoms with E-state index in [2.05, 4.69) is 9.97 Å². The highest BCUT2D eigenvalue weighted by molar-refractivity contribution is 5.22. The minimum atomic E-state index is -0.0692. The summed E-state index contributed by atoms with van der Waals surface area (Å²) in [6, 6.07) is 0. The summed E-state index contributed by atoms with van der Waals surface area (Å²) in [4.78, 5) is 8.29. The van der Waals surface area contributed by atoms with Gasteiger partial charge in [0.15, 0.2) is 0 Å². The summed E-state index contributed by atoms with van der Waals surface area (Å²) in [6.45, 7) is 2.47. The molecule has 0 bridgehead atoms. The Morgan fingerprint density at radius 1 is 1.35 bits per heavy atom. The van der Waals surface area contributed by atoms with Gasteiger partial charge < -0.3 is 9.84 Å². The zero-order valence-corrected chi connectivity index (χ0v) is 10.4. The number of rotatable bonds is 4. The van der Waals surface area contributed by atoms with Gasteiger partial charge in [-0.1, -0.05) is 19.3 Å². The zero-order valence-electron chi connectivity index (χ0n) is 10.4. The first-order chi connectivity index (χ1) is 8.29. The number of nitrogens with zero attached hydrogens (tertiary/aromatic N) is 2. The van der Waals surface area contributed by atoms with Crippen molar-refractivity contribution in [3.63, 3.8) is 0 Å². The summed E-state index contributed by atoms with van der Waals surface area (Å²) in [7, 11) is 0. The maximum Gasteiger partial charge on any atom is 0.222 e. The quantitative estimate of drug-likeness (QED) is 0.871. The summed E-state index contributed by atoms with van der Waals surface area (Å²) in [5, 5.41) is 9.19. The molecule has 4 nitrogen and oxygen atoms in total. The van der Waals surface area contributed by atoms with Gasteiger partial charge in [-0.15, -0.1) is 0 Å². The van der Waals surface area contributed by atoms with Gasteiger partial charge >= 0.3 is 0 Å². The van der Waals surface area contributed by atoms with Gasteiger partial charge in [0.05, 0.1) is 18.8 Å². The molecule has 1 fully saturated rings. The zero-order chi connectivity index (χ0) is 12.1. The lowest BCUT2D eigenvalue weighted by Crippen LogP contribution is -2.16. The predicted molar refractivity (Wildman–Crippen MR) is 64.8 cm³/mol. The molecule has 1 saturated carbocycles. The monoisotopic (exact) mass is 236 g/mol. The molecule has 94 valence electrons. The molecule has 0 atom stereocenters. The maximum atomic E-state index is 9.19. The van der Waals surface area contributed by atoms with Gasteiger partial charge in [0.25, 0.3) is 0 Å². The molecule has 4 heteroatoms. The van der Waals surface area contributed by atoms with Crippen LogP contribution in [0.2, 0.25) is 0 Å². The fourth-order valence-electron chi connectivity index (χ4n) is 2.26. The third kappa shape index (κ3) is 3.40. The minimum Gasteiger partial charge on any atom is -0.477 e. The molecule has 0 aliphatic heterocycles. The van der Waals surface area contributed by atoms with Crippen LogP contribution in [-0.4, -0.2) is 21.7 Å². The Bertz CT molecular complexity index is 362. The van der Waals surface area contributed by atoms with Crippen LogP contribution in [0.5, 0.6) is 5.88 Å². The number of ether oxygens (including phenoxy) is 1. The Kier molecular flexibility index (Phi) is 4.31. The van der Waals surface area contributed by atoms with Crippen molar-refractivity contribution in [3.8, 4) is 5.88 Å². The van der Waals surface area contributed by atoms with Crippen LogP contribution in [0.25, 0.3) is 0 Å². The van der Waals surface area contributed by atoms with Crippen LogP contribution in [0.3, 0.4) is 0 Å². The largest absolute Gasteiger partial charge is 0.477 e. The summed E-state index contributed by atoms with van der Waals surface area (Å²) in [5.74, 6) is 1.87. The number of aromatic nitrogens is 2. The lowest BCUT2D eigenvalue weighted by atomic mass is 9.90. The molecule has 17 heavy (non-hydrogen) atoms. The Balaban J connectivity index is 1.95. The van der Waals surface area contributed by atoms with Crippen LogP contribution < -0.4 is 4.74 Å². The van der Waals surface area contributed by atoms with Crippen LogP contribution in [0.15, 0.2) is 6.20 Å². The second-order valence-electron chi connectivity index (χ2n) is 4.72. The number of aliphatic hydroxyl groups excluding tert-OH is 1. The van der Waals surface area contributed by atoms with Crippen LogP contribution in [-0.2, 0) is 6.61 Å². The molecule has 0 amide bonds. The van der Waals surface area contributed by atoms with E-state index in [0.29, 0.717) is 29.8 Å². The number of hydrogen-bond acceptors (Lipinski definition) is 4. The van der Waals surface area contributed by atoms with Crippen LogP contribution in [0, 0.1) is 12.8 Å². The molecule has 0 radical (unpaired) electrons. The minimum absolute atomic E-state index is 0.0692. The summed E-state index contributed by atoms with van der Waals surface area (Å²) in [5.41, 5.74) is 0.673. The van der Waals surface area contributed by atoms with Crippen molar-refractivity contribution in [2.75, 3.05) is 6.61 Å². The highest BCUT2D eigenvalue weighted by Gasteiger charge is 2.15. The molecule has 0 aromatic carbocycles. The van der Waals surface area contributed by atoms with E-state index in [4.69, 9.17) is 4.74 Å². The average molecular weight is 236 g/mol. The van der Waals surface area contributed by atoms with Gasteiger partial charge in [-0.2, -0.15) is 4.98 Å². The molecule has 2 rings (SSSR count). The Labute approximate surface area is 102 Å². The van der Waals surface area contributed by atoms with Crippen molar-refractivity contribution >= 4 is 0 Å². The molecule has 1 N–H and O–H groups in total. The van der Waals surface area contributed by atoms with Crippen molar-refractivity contribution in [2.24, 2.45) is 5.92 Å². The molecule has 1 aliphatic rings. The molecule has 1 aromatic heterocycles. The van der Waals surface area contributed by atoms with Gasteiger partial charge in [0.1, 0.15) is 5.82 Å². The topological polar surface area (TPSA) is 55.2 Å². The second-order valence-corrected chi connectivity index (χ2v) is 4.72. The molecular weight excluding hydrogens is 216 g/mol. The molecule has 1 heterocycles. The van der Waals surface area contributed by atoms with Gasteiger partial charge in [-0.3, -0.25) is 0 Å². The highest BCUT2D eigenvalue weighted by atomic mass is 16.5. The molecule has 0 saturated heterocycles. The van der Waals surface area contributed by atoms with E-state index in [0.717, 1.165) is 0 Å². The van der Waals surface area contributed by atoms with Gasteiger partial charge in [-0.05, 0) is 25.7 Å². The Hall–Kier alpha value is -1.16. The van der Waals surface area contributed by atoms with Gasteiger partial charge in [-0.25, -0.2) is 4.98 Å². The van der Waals surface area contributed by atoms with Gasteiger partial charge in [0, 0.05) is 6.20 Å². The third-order valence-corrected chi connectivity index (χ3v) is 3.30. The number of aliphatic hydroxyl groups is 1. The fraction of sp³-hybridized carbons (Fsp3) is 0.692. The third-order valence-electron chi connectivity index (χ3n) is 3.30. The highest BCUT2D eigenvalue weighted by Crippen LogP contribution is 2.25. The fourth-order valence-corrected chi connectivity index (χ4v) is 2.26. The molecule has 0 spiro atoms. The smallest absolute Gasteiger partial charge is 0.222 e. The van der Waals surface area contributed by atoms with E-state index in [1.54, 1.807) is 6.20 Å². The molecule has 0 unspecified atom stereocenters. The Morgan fingerprint density at radius 2 is 2.12 bits per heavy atom. The van der Waals surface area contributed by atoms with E-state index in [1.165, 1.54) is 32.1 Å². The van der Waals surface area contributed by atoms with Crippen LogP contribution >= 0.6 is 0 Å². The van der Waals surface area contributed by atoms with Crippen molar-refractivity contribution < 1.29 is 9.84 Å². The summed E-state index contributed by atoms with van der Waals surface area (Å²) >= 11 is 0. The second kappa shape index (κ2) is 5.96. The predicted octanol–water partition coefficient (Wildman–Crippen LogP) is 2.24. The van der Waals surface area contributed by atoms with Crippen molar-refractivity contribution in [1.82, 2.24) is 9.97 Å². The average Bonchev–Trinajstić information content (AvgIpc) is 2.38. The molecule has 1 aromatic rings. The molecule has 1 aliphatic carbocycles. The normalized spacial score (nSPS) is 17.1. The summed E-state index contributed by atoms with van der Waals surface area (Å²) in [6.07, 6.45) is 8.11. The lowest BCUT2D eigenvalue weighted by Gasteiger charge is -2.21. The van der Waals surface area contributed by atoms with Crippen molar-refractivity contribution in [2.45, 2.75) is 45.6 Å². The van der Waals surface area contributed by atoms with E-state index >= 15 is 0 Å².